The monoisotopic (exact) mass is 581 g/mol. The number of aromatic nitrogens is 2. The van der Waals surface area contributed by atoms with Gasteiger partial charge in [-0.25, -0.2) is 10.0 Å². The molecule has 2 N–H and O–H groups in total. The molecule has 2 aromatic carbocycles. The van der Waals surface area contributed by atoms with E-state index in [1.807, 2.05) is 38.1 Å². The average Bonchev–Trinajstić information content (AvgIpc) is 2.91. The lowest BCUT2D eigenvalue weighted by molar-refractivity contribution is 0.243. The Kier molecular flexibility index (Phi) is 10.0. The number of rotatable bonds is 10. The first-order chi connectivity index (χ1) is 19.1. The number of ether oxygens (including phenoxy) is 1. The van der Waals surface area contributed by atoms with Crippen LogP contribution in [0.1, 0.15) is 58.6 Å². The number of benzene rings is 2. The minimum Gasteiger partial charge on any atom is -0.489 e. The normalized spacial score (nSPS) is 15.9. The second kappa shape index (κ2) is 13.3. The zero-order chi connectivity index (χ0) is 29.0. The van der Waals surface area contributed by atoms with Crippen molar-refractivity contribution in [1.82, 2.24) is 14.9 Å². The Labute approximate surface area is 247 Å². The van der Waals surface area contributed by atoms with Crippen LogP contribution in [0.2, 0.25) is 5.02 Å². The Morgan fingerprint density at radius 1 is 1.23 bits per heavy atom. The molecule has 1 aliphatic rings. The largest absolute Gasteiger partial charge is 0.489 e. The number of hydrogen-bond acceptors (Lipinski definition) is 8. The van der Waals surface area contributed by atoms with Crippen LogP contribution in [0.25, 0.3) is 5.57 Å². The van der Waals surface area contributed by atoms with Gasteiger partial charge in [0.2, 0.25) is 5.95 Å². The summed E-state index contributed by atoms with van der Waals surface area (Å²) in [6.45, 7) is 13.6. The standard InChI is InChI=1S/C31H40ClN5O2S/c1-8-23-16-22(13-14-36(23)7)24-17-28(39-19(2)3)26(15-21(24)6)34-31-33-18-25(32)30(35-31)37(38)27-11-9-10-12-29(27)40-20(4)5/h9-12,15-20,23,38H,8,13-14H2,1-7H3,(H,33,34,35). The summed E-state index contributed by atoms with van der Waals surface area (Å²) in [6, 6.07) is 12.3. The average molecular weight is 582 g/mol. The molecule has 40 heavy (non-hydrogen) atoms. The van der Waals surface area contributed by atoms with Crippen LogP contribution in [0.3, 0.4) is 0 Å². The van der Waals surface area contributed by atoms with Gasteiger partial charge in [0.25, 0.3) is 0 Å². The van der Waals surface area contributed by atoms with E-state index < -0.39 is 0 Å². The zero-order valence-corrected chi connectivity index (χ0v) is 26.0. The molecule has 1 unspecified atom stereocenters. The molecule has 4 rings (SSSR count). The van der Waals surface area contributed by atoms with Gasteiger partial charge in [-0.3, -0.25) is 10.1 Å². The highest BCUT2D eigenvalue weighted by molar-refractivity contribution is 8.00. The molecule has 1 atom stereocenters. The van der Waals surface area contributed by atoms with E-state index in [0.29, 0.717) is 22.9 Å². The van der Waals surface area contributed by atoms with Crippen LogP contribution < -0.4 is 15.1 Å². The van der Waals surface area contributed by atoms with Gasteiger partial charge in [0.05, 0.1) is 23.7 Å². The van der Waals surface area contributed by atoms with Gasteiger partial charge in [0, 0.05) is 22.7 Å². The Morgan fingerprint density at radius 3 is 2.67 bits per heavy atom. The molecule has 0 saturated heterocycles. The highest BCUT2D eigenvalue weighted by Gasteiger charge is 2.22. The van der Waals surface area contributed by atoms with Crippen molar-refractivity contribution in [3.05, 3.63) is 64.8 Å². The molecule has 1 aromatic heterocycles. The van der Waals surface area contributed by atoms with Gasteiger partial charge in [-0.1, -0.05) is 50.6 Å². The van der Waals surface area contributed by atoms with E-state index >= 15 is 0 Å². The fourth-order valence-corrected chi connectivity index (χ4v) is 5.94. The van der Waals surface area contributed by atoms with E-state index in [0.717, 1.165) is 46.3 Å². The number of likely N-dealkylation sites (N-methyl/N-ethyl adjacent to an activating group) is 1. The number of nitrogens with zero attached hydrogens (tertiary/aromatic N) is 4. The summed E-state index contributed by atoms with van der Waals surface area (Å²) >= 11 is 8.13. The van der Waals surface area contributed by atoms with Crippen molar-refractivity contribution in [2.24, 2.45) is 0 Å². The first kappa shape index (κ1) is 30.2. The fourth-order valence-electron chi connectivity index (χ4n) is 4.83. The zero-order valence-electron chi connectivity index (χ0n) is 24.4. The number of anilines is 4. The molecule has 9 heteroatoms. The molecule has 7 nitrogen and oxygen atoms in total. The molecule has 1 aliphatic heterocycles. The van der Waals surface area contributed by atoms with Crippen molar-refractivity contribution in [3.63, 3.8) is 0 Å². The summed E-state index contributed by atoms with van der Waals surface area (Å²) < 4.78 is 6.26. The van der Waals surface area contributed by atoms with E-state index in [9.17, 15) is 5.21 Å². The Hall–Kier alpha value is -2.78. The number of halogens is 1. The van der Waals surface area contributed by atoms with Crippen molar-refractivity contribution < 1.29 is 9.94 Å². The maximum absolute atomic E-state index is 11.2. The molecule has 0 aliphatic carbocycles. The SMILES string of the molecule is CCC1C=C(c2cc(OC(C)C)c(Nc3ncc(Cl)c(N(O)c4ccccc4SC(C)C)n3)cc2C)CCN1C. The van der Waals surface area contributed by atoms with Crippen LogP contribution >= 0.6 is 23.4 Å². The number of para-hydroxylation sites is 1. The number of thioether (sulfide) groups is 1. The lowest BCUT2D eigenvalue weighted by atomic mass is 9.91. The Morgan fingerprint density at radius 2 is 1.98 bits per heavy atom. The van der Waals surface area contributed by atoms with Gasteiger partial charge in [-0.2, -0.15) is 4.98 Å². The van der Waals surface area contributed by atoms with Gasteiger partial charge in [-0.15, -0.1) is 11.8 Å². The van der Waals surface area contributed by atoms with Crippen molar-refractivity contribution in [2.75, 3.05) is 24.0 Å². The first-order valence-corrected chi connectivity index (χ1v) is 15.1. The summed E-state index contributed by atoms with van der Waals surface area (Å²) in [7, 11) is 2.18. The van der Waals surface area contributed by atoms with E-state index in [1.165, 1.54) is 17.3 Å². The number of nitrogens with one attached hydrogen (secondary N) is 1. The van der Waals surface area contributed by atoms with E-state index in [-0.39, 0.29) is 16.9 Å². The molecule has 0 bridgehead atoms. The highest BCUT2D eigenvalue weighted by Crippen LogP contribution is 2.39. The number of hydrogen-bond donors (Lipinski definition) is 2. The predicted molar refractivity (Wildman–Crippen MR) is 168 cm³/mol. The maximum Gasteiger partial charge on any atom is 0.229 e. The minimum atomic E-state index is -0.0180. The van der Waals surface area contributed by atoms with Crippen LogP contribution in [0, 0.1) is 6.92 Å². The predicted octanol–water partition coefficient (Wildman–Crippen LogP) is 8.49. The minimum absolute atomic E-state index is 0.0180. The molecule has 0 fully saturated rings. The fraction of sp³-hybridized carbons (Fsp3) is 0.419. The van der Waals surface area contributed by atoms with E-state index in [4.69, 9.17) is 16.3 Å². The molecule has 3 aromatic rings. The maximum atomic E-state index is 11.2. The molecular weight excluding hydrogens is 542 g/mol. The molecule has 0 amide bonds. The Balaban J connectivity index is 1.69. The first-order valence-electron chi connectivity index (χ1n) is 13.8. The van der Waals surface area contributed by atoms with E-state index in [2.05, 4.69) is 73.1 Å². The number of aryl methyl sites for hydroxylation is 1. The second-order valence-corrected chi connectivity index (χ2v) is 12.7. The molecule has 0 saturated carbocycles. The van der Waals surface area contributed by atoms with Crippen LogP contribution in [0.15, 0.2) is 53.6 Å². The molecule has 0 spiro atoms. The summed E-state index contributed by atoms with van der Waals surface area (Å²) in [5.41, 5.74) is 5.05. The van der Waals surface area contributed by atoms with Gasteiger partial charge >= 0.3 is 0 Å². The summed E-state index contributed by atoms with van der Waals surface area (Å²) in [5.74, 6) is 1.22. The van der Waals surface area contributed by atoms with Crippen LogP contribution in [0.4, 0.5) is 23.1 Å². The van der Waals surface area contributed by atoms with E-state index in [1.54, 1.807) is 11.8 Å². The van der Waals surface area contributed by atoms with Gasteiger partial charge in [0.1, 0.15) is 10.8 Å². The Bertz CT molecular complexity index is 1360. The van der Waals surface area contributed by atoms with Crippen LogP contribution in [-0.4, -0.2) is 51.1 Å². The van der Waals surface area contributed by atoms with Crippen molar-refractivity contribution >= 4 is 52.1 Å². The van der Waals surface area contributed by atoms with Crippen molar-refractivity contribution in [3.8, 4) is 5.75 Å². The lowest BCUT2D eigenvalue weighted by Gasteiger charge is -2.31. The van der Waals surface area contributed by atoms with Crippen LogP contribution in [0.5, 0.6) is 5.75 Å². The van der Waals surface area contributed by atoms with Gasteiger partial charge in [0.15, 0.2) is 5.82 Å². The van der Waals surface area contributed by atoms with Gasteiger partial charge in [-0.05, 0) is 81.6 Å². The third-order valence-electron chi connectivity index (χ3n) is 6.78. The van der Waals surface area contributed by atoms with Crippen molar-refractivity contribution in [1.29, 1.82) is 0 Å². The molecule has 0 radical (unpaired) electrons. The summed E-state index contributed by atoms with van der Waals surface area (Å²) in [6.07, 6.45) is 5.93. The van der Waals surface area contributed by atoms with Crippen molar-refractivity contribution in [2.45, 2.75) is 76.7 Å². The second-order valence-electron chi connectivity index (χ2n) is 10.7. The molecule has 2 heterocycles. The summed E-state index contributed by atoms with van der Waals surface area (Å²) in [4.78, 5) is 12.3. The van der Waals surface area contributed by atoms with Crippen LogP contribution in [-0.2, 0) is 0 Å². The lowest BCUT2D eigenvalue weighted by Crippen LogP contribution is -2.33. The smallest absolute Gasteiger partial charge is 0.229 e. The quantitative estimate of drug-likeness (QED) is 0.182. The highest BCUT2D eigenvalue weighted by atomic mass is 35.5. The van der Waals surface area contributed by atoms with Gasteiger partial charge < -0.3 is 10.1 Å². The molecular formula is C31H40ClN5O2S. The summed E-state index contributed by atoms with van der Waals surface area (Å²) in [5, 5.41) is 16.1. The third-order valence-corrected chi connectivity index (χ3v) is 8.11. The molecule has 214 valence electrons. The topological polar surface area (TPSA) is 73.8 Å². The third kappa shape index (κ3) is 7.10.